The lowest BCUT2D eigenvalue weighted by Gasteiger charge is -2.15. The van der Waals surface area contributed by atoms with Gasteiger partial charge in [0.05, 0.1) is 0 Å². The van der Waals surface area contributed by atoms with E-state index in [0.717, 1.165) is 17.5 Å². The fourth-order valence-electron chi connectivity index (χ4n) is 1.92. The molecule has 3 heteroatoms. The van der Waals surface area contributed by atoms with Gasteiger partial charge < -0.3 is 5.32 Å². The van der Waals surface area contributed by atoms with Gasteiger partial charge in [-0.3, -0.25) is 9.59 Å². The van der Waals surface area contributed by atoms with Crippen molar-refractivity contribution in [3.05, 3.63) is 47.7 Å². The van der Waals surface area contributed by atoms with Crippen molar-refractivity contribution in [2.24, 2.45) is 0 Å². The molecule has 0 atom stereocenters. The zero-order chi connectivity index (χ0) is 11.5. The Morgan fingerprint density at radius 2 is 2.12 bits per heavy atom. The van der Waals surface area contributed by atoms with Gasteiger partial charge in [-0.05, 0) is 35.9 Å². The van der Waals surface area contributed by atoms with Gasteiger partial charge in [-0.25, -0.2) is 0 Å². The lowest BCUT2D eigenvalue weighted by Crippen LogP contribution is -2.19. The highest BCUT2D eigenvalue weighted by Crippen LogP contribution is 2.20. The maximum Gasteiger partial charge on any atom is 0.255 e. The molecular formula is C13H13NO2. The monoisotopic (exact) mass is 215 g/mol. The van der Waals surface area contributed by atoms with Crippen LogP contribution in [0.2, 0.25) is 0 Å². The average Bonchev–Trinajstić information content (AvgIpc) is 2.28. The smallest absolute Gasteiger partial charge is 0.255 e. The second kappa shape index (κ2) is 4.31. The van der Waals surface area contributed by atoms with Gasteiger partial charge in [-0.15, -0.1) is 0 Å². The third-order valence-electron chi connectivity index (χ3n) is 2.76. The van der Waals surface area contributed by atoms with Crippen LogP contribution in [0.15, 0.2) is 31.0 Å². The number of fused-ring (bicyclic) bond motifs is 1. The Morgan fingerprint density at radius 3 is 2.88 bits per heavy atom. The quantitative estimate of drug-likeness (QED) is 0.814. The molecule has 0 saturated heterocycles. The van der Waals surface area contributed by atoms with E-state index in [-0.39, 0.29) is 11.7 Å². The molecule has 1 aromatic rings. The van der Waals surface area contributed by atoms with Crippen molar-refractivity contribution in [3.8, 4) is 0 Å². The molecule has 1 aliphatic carbocycles. The Hall–Kier alpha value is -1.90. The van der Waals surface area contributed by atoms with Gasteiger partial charge >= 0.3 is 0 Å². The van der Waals surface area contributed by atoms with E-state index in [4.69, 9.17) is 0 Å². The number of carbonyl (C=O) groups excluding carboxylic acids is 2. The maximum atomic E-state index is 11.5. The van der Waals surface area contributed by atoms with Crippen molar-refractivity contribution in [1.82, 2.24) is 5.32 Å². The molecule has 0 bridgehead atoms. The number of Topliss-reactive ketones (excluding diaryl/α,β-unsaturated/α-hetero) is 1. The highest BCUT2D eigenvalue weighted by Gasteiger charge is 2.16. The molecule has 1 amide bonds. The predicted octanol–water partition coefficient (Wildman–Crippen LogP) is 1.62. The van der Waals surface area contributed by atoms with Crippen LogP contribution in [0, 0.1) is 0 Å². The van der Waals surface area contributed by atoms with Crippen molar-refractivity contribution in [1.29, 1.82) is 0 Å². The lowest BCUT2D eigenvalue weighted by atomic mass is 9.89. The van der Waals surface area contributed by atoms with Crippen LogP contribution in [-0.2, 0) is 17.6 Å². The summed E-state index contributed by atoms with van der Waals surface area (Å²) in [4.78, 5) is 22.8. The molecule has 16 heavy (non-hydrogen) atoms. The molecule has 1 aromatic carbocycles. The Morgan fingerprint density at radius 1 is 1.31 bits per heavy atom. The number of aryl methyl sites for hydroxylation is 1. The van der Waals surface area contributed by atoms with E-state index < -0.39 is 0 Å². The summed E-state index contributed by atoms with van der Waals surface area (Å²) >= 11 is 0. The molecule has 0 heterocycles. The minimum Gasteiger partial charge on any atom is -0.329 e. The molecule has 0 aromatic heterocycles. The van der Waals surface area contributed by atoms with E-state index in [1.807, 2.05) is 12.1 Å². The van der Waals surface area contributed by atoms with E-state index >= 15 is 0 Å². The highest BCUT2D eigenvalue weighted by molar-refractivity contribution is 5.95. The largest absolute Gasteiger partial charge is 0.329 e. The number of nitrogens with one attached hydrogen (secondary N) is 1. The minimum atomic E-state index is -0.158. The van der Waals surface area contributed by atoms with Crippen LogP contribution in [0.1, 0.15) is 27.9 Å². The van der Waals surface area contributed by atoms with E-state index in [1.165, 1.54) is 6.20 Å². The summed E-state index contributed by atoms with van der Waals surface area (Å²) in [5.41, 5.74) is 2.77. The number of benzene rings is 1. The molecule has 3 nitrogen and oxygen atoms in total. The zero-order valence-electron chi connectivity index (χ0n) is 8.95. The molecule has 0 spiro atoms. The summed E-state index contributed by atoms with van der Waals surface area (Å²) in [6.45, 7) is 3.45. The summed E-state index contributed by atoms with van der Waals surface area (Å²) in [5.74, 6) is 0.116. The number of hydrogen-bond acceptors (Lipinski definition) is 2. The fraction of sp³-hybridized carbons (Fsp3) is 0.231. The van der Waals surface area contributed by atoms with Gasteiger partial charge in [0.2, 0.25) is 0 Å². The maximum absolute atomic E-state index is 11.5. The number of carbonyl (C=O) groups is 2. The second-order valence-corrected chi connectivity index (χ2v) is 3.88. The average molecular weight is 215 g/mol. The van der Waals surface area contributed by atoms with Crippen LogP contribution in [0.25, 0.3) is 0 Å². The van der Waals surface area contributed by atoms with Gasteiger partial charge in [-0.1, -0.05) is 12.6 Å². The molecular weight excluding hydrogens is 202 g/mol. The second-order valence-electron chi connectivity index (χ2n) is 3.88. The van der Waals surface area contributed by atoms with Crippen LogP contribution in [0.5, 0.6) is 0 Å². The fourth-order valence-corrected chi connectivity index (χ4v) is 1.92. The Labute approximate surface area is 94.2 Å². The molecule has 0 fully saturated rings. The molecule has 82 valence electrons. The highest BCUT2D eigenvalue weighted by atomic mass is 16.1. The van der Waals surface area contributed by atoms with Crippen molar-refractivity contribution in [2.75, 3.05) is 0 Å². The minimum absolute atomic E-state index is 0.158. The summed E-state index contributed by atoms with van der Waals surface area (Å²) in [6.07, 6.45) is 3.19. The molecule has 0 unspecified atom stereocenters. The molecule has 0 saturated carbocycles. The first-order valence-corrected chi connectivity index (χ1v) is 5.26. The van der Waals surface area contributed by atoms with Crippen LogP contribution < -0.4 is 5.32 Å². The SMILES string of the molecule is C=CNC(=O)c1ccc2c(c1)CCC(=O)C2. The van der Waals surface area contributed by atoms with Crippen molar-refractivity contribution < 1.29 is 9.59 Å². The van der Waals surface area contributed by atoms with Crippen molar-refractivity contribution in [2.45, 2.75) is 19.3 Å². The van der Waals surface area contributed by atoms with Gasteiger partial charge in [-0.2, -0.15) is 0 Å². The Kier molecular flexibility index (Phi) is 2.86. The third-order valence-corrected chi connectivity index (χ3v) is 2.76. The Balaban J connectivity index is 2.29. The molecule has 1 aliphatic rings. The normalized spacial score (nSPS) is 14.1. The van der Waals surface area contributed by atoms with Gasteiger partial charge in [0.1, 0.15) is 5.78 Å². The lowest BCUT2D eigenvalue weighted by molar-refractivity contribution is -0.118. The number of hydrogen-bond donors (Lipinski definition) is 1. The third kappa shape index (κ3) is 2.03. The summed E-state index contributed by atoms with van der Waals surface area (Å²) in [6, 6.07) is 5.47. The molecule has 0 radical (unpaired) electrons. The standard InChI is InChI=1S/C13H13NO2/c1-2-14-13(16)11-4-3-10-8-12(15)6-5-9(10)7-11/h2-4,7H,1,5-6,8H2,(H,14,16). The number of amides is 1. The van der Waals surface area contributed by atoms with Crippen LogP contribution in [-0.4, -0.2) is 11.7 Å². The topological polar surface area (TPSA) is 46.2 Å². The van der Waals surface area contributed by atoms with Crippen LogP contribution in [0.4, 0.5) is 0 Å². The van der Waals surface area contributed by atoms with Gasteiger partial charge in [0.25, 0.3) is 5.91 Å². The summed E-state index contributed by atoms with van der Waals surface area (Å²) in [5, 5.41) is 2.54. The van der Waals surface area contributed by atoms with E-state index in [2.05, 4.69) is 11.9 Å². The molecule has 2 rings (SSSR count). The van der Waals surface area contributed by atoms with E-state index in [0.29, 0.717) is 18.4 Å². The van der Waals surface area contributed by atoms with Gasteiger partial charge in [0, 0.05) is 18.4 Å². The van der Waals surface area contributed by atoms with Crippen LogP contribution in [0.3, 0.4) is 0 Å². The van der Waals surface area contributed by atoms with E-state index in [9.17, 15) is 9.59 Å². The van der Waals surface area contributed by atoms with Crippen molar-refractivity contribution >= 4 is 11.7 Å². The van der Waals surface area contributed by atoms with E-state index in [1.54, 1.807) is 6.07 Å². The summed E-state index contributed by atoms with van der Waals surface area (Å²) in [7, 11) is 0. The number of ketones is 1. The summed E-state index contributed by atoms with van der Waals surface area (Å²) < 4.78 is 0. The Bertz CT molecular complexity index is 463. The first-order chi connectivity index (χ1) is 7.70. The first kappa shape index (κ1) is 10.6. The zero-order valence-corrected chi connectivity index (χ0v) is 8.95. The first-order valence-electron chi connectivity index (χ1n) is 5.26. The van der Waals surface area contributed by atoms with Crippen LogP contribution >= 0.6 is 0 Å². The predicted molar refractivity (Wildman–Crippen MR) is 61.1 cm³/mol. The molecule has 0 aliphatic heterocycles. The molecule has 1 N–H and O–H groups in total. The number of rotatable bonds is 2. The van der Waals surface area contributed by atoms with Gasteiger partial charge in [0.15, 0.2) is 0 Å². The van der Waals surface area contributed by atoms with Crippen molar-refractivity contribution in [3.63, 3.8) is 0 Å².